The quantitative estimate of drug-likeness (QED) is 0.0997. The molecule has 5 atom stereocenters. The van der Waals surface area contributed by atoms with Crippen molar-refractivity contribution in [3.63, 3.8) is 0 Å². The first-order chi connectivity index (χ1) is 27.0. The fourth-order valence-electron chi connectivity index (χ4n) is 7.76. The maximum atomic E-state index is 14.2. The van der Waals surface area contributed by atoms with Gasteiger partial charge in [-0.05, 0) is 67.2 Å². The number of aliphatic carboxylic acids is 1. The van der Waals surface area contributed by atoms with Gasteiger partial charge in [-0.25, -0.2) is 9.59 Å². The molecule has 1 aliphatic carbocycles. The molecule has 302 valence electrons. The first-order valence-electron chi connectivity index (χ1n) is 19.6. The lowest BCUT2D eigenvalue weighted by atomic mass is 9.98. The average molecular weight is 775 g/mol. The van der Waals surface area contributed by atoms with Crippen molar-refractivity contribution in [1.82, 2.24) is 26.2 Å². The smallest absolute Gasteiger partial charge is 0.407 e. The molecule has 5 amide bonds. The van der Waals surface area contributed by atoms with E-state index in [0.717, 1.165) is 28.7 Å². The summed E-state index contributed by atoms with van der Waals surface area (Å²) in [5.41, 5.74) is 15.1. The van der Waals surface area contributed by atoms with Crippen LogP contribution in [0.4, 0.5) is 4.79 Å². The van der Waals surface area contributed by atoms with Gasteiger partial charge in [0.2, 0.25) is 23.6 Å². The molecule has 2 saturated heterocycles. The summed E-state index contributed by atoms with van der Waals surface area (Å²) >= 11 is 0. The van der Waals surface area contributed by atoms with Gasteiger partial charge in [0, 0.05) is 19.0 Å². The minimum Gasteiger partial charge on any atom is -0.480 e. The maximum Gasteiger partial charge on any atom is 0.407 e. The molecule has 0 spiro atoms. The molecule has 5 rings (SSSR count). The van der Waals surface area contributed by atoms with E-state index in [9.17, 15) is 33.9 Å². The summed E-state index contributed by atoms with van der Waals surface area (Å²) in [4.78, 5) is 86.4. The van der Waals surface area contributed by atoms with Crippen LogP contribution >= 0.6 is 0 Å². The Hall–Kier alpha value is -5.67. The van der Waals surface area contributed by atoms with Crippen molar-refractivity contribution >= 4 is 41.7 Å². The van der Waals surface area contributed by atoms with Crippen molar-refractivity contribution in [3.05, 3.63) is 59.7 Å². The molecular weight excluding hydrogens is 720 g/mol. The van der Waals surface area contributed by atoms with Gasteiger partial charge in [-0.2, -0.15) is 0 Å². The number of nitrogens with zero attached hydrogens (tertiary/aromatic N) is 2. The number of carboxylic acids is 1. The number of carboxylic acid groups (broad SMARTS) is 1. The average Bonchev–Trinajstić information content (AvgIpc) is 3.80. The highest BCUT2D eigenvalue weighted by atomic mass is 16.5. The molecule has 0 unspecified atom stereocenters. The summed E-state index contributed by atoms with van der Waals surface area (Å²) < 4.78 is 5.77. The normalized spacial score (nSPS) is 23.4. The van der Waals surface area contributed by atoms with Crippen LogP contribution in [0.25, 0.3) is 11.1 Å². The Balaban J connectivity index is 1.35. The van der Waals surface area contributed by atoms with Crippen LogP contribution in [-0.2, 0) is 28.7 Å². The number of rotatable bonds is 11. The van der Waals surface area contributed by atoms with Gasteiger partial charge in [0.25, 0.3) is 0 Å². The zero-order valence-electron chi connectivity index (χ0n) is 31.8. The van der Waals surface area contributed by atoms with Crippen molar-refractivity contribution in [2.45, 2.75) is 114 Å². The fourth-order valence-corrected chi connectivity index (χ4v) is 7.76. The van der Waals surface area contributed by atoms with Crippen LogP contribution in [0.1, 0.15) is 94.6 Å². The molecule has 2 aliphatic heterocycles. The Morgan fingerprint density at radius 1 is 0.839 bits per heavy atom. The van der Waals surface area contributed by atoms with Gasteiger partial charge in [0.1, 0.15) is 36.8 Å². The van der Waals surface area contributed by atoms with Gasteiger partial charge in [-0.3, -0.25) is 24.2 Å². The Kier molecular flexibility index (Phi) is 14.7. The van der Waals surface area contributed by atoms with Gasteiger partial charge < -0.3 is 47.5 Å². The van der Waals surface area contributed by atoms with Crippen LogP contribution in [0.5, 0.6) is 0 Å². The van der Waals surface area contributed by atoms with Crippen LogP contribution in [0.2, 0.25) is 0 Å². The van der Waals surface area contributed by atoms with Gasteiger partial charge in [0.15, 0.2) is 5.96 Å². The van der Waals surface area contributed by atoms with Crippen LogP contribution < -0.4 is 32.7 Å². The van der Waals surface area contributed by atoms with E-state index >= 15 is 0 Å². The number of hydrogen-bond acceptors (Lipinski definition) is 8. The molecular formula is C40H54N8O8. The molecule has 2 heterocycles. The summed E-state index contributed by atoms with van der Waals surface area (Å²) in [5.74, 6) is -3.90. The van der Waals surface area contributed by atoms with Crippen LogP contribution in [0.3, 0.4) is 0 Å². The number of aliphatic imine (C=N–C) groups is 1. The van der Waals surface area contributed by atoms with E-state index in [1.165, 1.54) is 4.90 Å². The second-order valence-electron chi connectivity index (χ2n) is 14.6. The molecule has 0 aromatic heterocycles. The SMILES string of the molecule is CCCC[C@@H]1NC(=O)[C@@H]2CCCN2C(=O)[C@@H](NC(=O)OCC2c3ccccc3-c3ccccc32)CCCC[C@@H](C(=O)O)NC(=O)[C@H](CCCN=C(N)N)NC1=O. The zero-order chi connectivity index (χ0) is 40.2. The number of unbranched alkanes of at least 4 members (excludes halogenated alkanes) is 1. The number of benzene rings is 2. The highest BCUT2D eigenvalue weighted by Crippen LogP contribution is 2.44. The summed E-state index contributed by atoms with van der Waals surface area (Å²) in [7, 11) is 0. The highest BCUT2D eigenvalue weighted by molar-refractivity contribution is 5.96. The second kappa shape index (κ2) is 19.8. The third kappa shape index (κ3) is 10.5. The monoisotopic (exact) mass is 774 g/mol. The lowest BCUT2D eigenvalue weighted by Gasteiger charge is -2.30. The van der Waals surface area contributed by atoms with Crippen molar-refractivity contribution in [3.8, 4) is 11.1 Å². The number of ether oxygens (including phenoxy) is 1. The van der Waals surface area contributed by atoms with Crippen molar-refractivity contribution in [2.24, 2.45) is 16.5 Å². The summed E-state index contributed by atoms with van der Waals surface area (Å²) in [6.45, 7) is 2.41. The third-order valence-corrected chi connectivity index (χ3v) is 10.7. The van der Waals surface area contributed by atoms with E-state index in [-0.39, 0.29) is 63.7 Å². The zero-order valence-corrected chi connectivity index (χ0v) is 31.8. The number of carbonyl (C=O) groups excluding carboxylic acids is 5. The number of guanidine groups is 1. The Bertz CT molecular complexity index is 1740. The largest absolute Gasteiger partial charge is 0.480 e. The predicted octanol–water partition coefficient (Wildman–Crippen LogP) is 2.24. The lowest BCUT2D eigenvalue weighted by molar-refractivity contribution is -0.142. The molecule has 0 saturated carbocycles. The molecule has 2 aromatic carbocycles. The van der Waals surface area contributed by atoms with Crippen LogP contribution in [0, 0.1) is 0 Å². The number of carbonyl (C=O) groups is 6. The number of alkyl carbamates (subject to hydrolysis) is 1. The second-order valence-corrected chi connectivity index (χ2v) is 14.6. The van der Waals surface area contributed by atoms with E-state index in [2.05, 4.69) is 26.3 Å². The summed E-state index contributed by atoms with van der Waals surface area (Å²) in [5, 5.41) is 20.8. The van der Waals surface area contributed by atoms with E-state index < -0.39 is 65.9 Å². The van der Waals surface area contributed by atoms with Gasteiger partial charge >= 0.3 is 12.1 Å². The first kappa shape index (κ1) is 41.5. The highest BCUT2D eigenvalue weighted by Gasteiger charge is 2.40. The molecule has 16 nitrogen and oxygen atoms in total. The van der Waals surface area contributed by atoms with Gasteiger partial charge in [-0.15, -0.1) is 0 Å². The lowest BCUT2D eigenvalue weighted by Crippen LogP contribution is -2.58. The molecule has 2 fully saturated rings. The number of fused-ring (bicyclic) bond motifs is 4. The van der Waals surface area contributed by atoms with Crippen LogP contribution in [-0.4, -0.2) is 102 Å². The number of amides is 5. The minimum atomic E-state index is -1.29. The number of nitrogens with one attached hydrogen (secondary N) is 4. The molecule has 9 N–H and O–H groups in total. The van der Waals surface area contributed by atoms with Gasteiger partial charge in [-0.1, -0.05) is 81.1 Å². The maximum absolute atomic E-state index is 14.2. The van der Waals surface area contributed by atoms with E-state index in [1.54, 1.807) is 0 Å². The topological polar surface area (TPSA) is 248 Å². The molecule has 2 aromatic rings. The van der Waals surface area contributed by atoms with E-state index in [4.69, 9.17) is 16.2 Å². The minimum absolute atomic E-state index is 0.0209. The molecule has 56 heavy (non-hydrogen) atoms. The molecule has 0 bridgehead atoms. The molecule has 0 radical (unpaired) electrons. The predicted molar refractivity (Wildman–Crippen MR) is 208 cm³/mol. The third-order valence-electron chi connectivity index (χ3n) is 10.7. The van der Waals surface area contributed by atoms with Crippen molar-refractivity contribution in [1.29, 1.82) is 0 Å². The van der Waals surface area contributed by atoms with Crippen molar-refractivity contribution < 1.29 is 38.6 Å². The van der Waals surface area contributed by atoms with Crippen LogP contribution in [0.15, 0.2) is 53.5 Å². The number of nitrogens with two attached hydrogens (primary N) is 2. The fraction of sp³-hybridized carbons (Fsp3) is 0.525. The van der Waals surface area contributed by atoms with Gasteiger partial charge in [0.05, 0.1) is 0 Å². The Morgan fingerprint density at radius 2 is 1.45 bits per heavy atom. The summed E-state index contributed by atoms with van der Waals surface area (Å²) in [6.07, 6.45) is 2.79. The summed E-state index contributed by atoms with van der Waals surface area (Å²) in [6, 6.07) is 10.4. The van der Waals surface area contributed by atoms with E-state index in [0.29, 0.717) is 32.1 Å². The standard InChI is InChI=1S/C40H54N8O8/c1-2-3-16-29-34(49)44-30(19-10-21-43-39(41)42)35(50)46-32(38(53)54)18-9-8-17-31(37(52)48-22-11-20-33(48)36(51)45-29)47-40(55)56-23-28-26-14-6-4-12-24(26)25-13-5-7-15-27(25)28/h4-7,12-15,28-33H,2-3,8-11,16-23H2,1H3,(H,44,49)(H,45,51)(H,46,50)(H,47,55)(H,53,54)(H4,41,42,43)/t29-,30-,31-,32-,33-/m0/s1. The molecule has 16 heteroatoms. The molecule has 3 aliphatic rings. The Morgan fingerprint density at radius 3 is 2.09 bits per heavy atom. The van der Waals surface area contributed by atoms with Crippen molar-refractivity contribution in [2.75, 3.05) is 19.7 Å². The first-order valence-corrected chi connectivity index (χ1v) is 19.6. The Labute approximate surface area is 326 Å². The van der Waals surface area contributed by atoms with E-state index in [1.807, 2.05) is 55.5 Å². The number of hydrogen-bond donors (Lipinski definition) is 7.